The van der Waals surface area contributed by atoms with Crippen molar-refractivity contribution in [1.82, 2.24) is 19.6 Å². The number of hydrogen-bond donors (Lipinski definition) is 0. The van der Waals surface area contributed by atoms with Crippen LogP contribution in [0.3, 0.4) is 0 Å². The van der Waals surface area contributed by atoms with Gasteiger partial charge in [0.2, 0.25) is 0 Å². The zero-order valence-electron chi connectivity index (χ0n) is 19.3. The van der Waals surface area contributed by atoms with Crippen LogP contribution in [-0.4, -0.2) is 57.5 Å². The van der Waals surface area contributed by atoms with E-state index >= 15 is 0 Å². The first kappa shape index (κ1) is 24.5. The number of benzene rings is 2. The summed E-state index contributed by atoms with van der Waals surface area (Å²) in [5.74, 6) is -0.137. The lowest BCUT2D eigenvalue weighted by Crippen LogP contribution is -2.48. The molecule has 1 aromatic heterocycles. The molecule has 0 fully saturated rings. The minimum atomic E-state index is -2.79. The van der Waals surface area contributed by atoms with Crippen molar-refractivity contribution in [3.05, 3.63) is 80.6 Å². The Kier molecular flexibility index (Phi) is 6.61. The Hall–Kier alpha value is -3.17. The molecule has 11 heteroatoms. The quantitative estimate of drug-likeness (QED) is 0.476. The van der Waals surface area contributed by atoms with E-state index in [1.54, 1.807) is 16.7 Å². The van der Waals surface area contributed by atoms with E-state index in [0.29, 0.717) is 36.6 Å². The van der Waals surface area contributed by atoms with Crippen molar-refractivity contribution < 1.29 is 23.1 Å². The molecule has 1 atom stereocenters. The molecule has 0 spiro atoms. The number of aromatic nitrogens is 2. The highest BCUT2D eigenvalue weighted by atomic mass is 35.5. The van der Waals surface area contributed by atoms with Crippen LogP contribution in [0, 0.1) is 0 Å². The number of amides is 2. The molecule has 0 bridgehead atoms. The van der Waals surface area contributed by atoms with Crippen LogP contribution < -0.4 is 4.74 Å². The highest BCUT2D eigenvalue weighted by molar-refractivity contribution is 6.42. The monoisotopic (exact) mass is 534 g/mol. The number of nitrogens with zero attached hydrogens (tertiary/aromatic N) is 4. The molecule has 2 amide bonds. The highest BCUT2D eigenvalue weighted by Gasteiger charge is 2.41. The number of hydrogen-bond acceptors (Lipinski definition) is 4. The van der Waals surface area contributed by atoms with Crippen LogP contribution in [0.2, 0.25) is 10.0 Å². The molecule has 2 aromatic carbocycles. The summed E-state index contributed by atoms with van der Waals surface area (Å²) in [7, 11) is 1.58. The van der Waals surface area contributed by atoms with Crippen molar-refractivity contribution >= 4 is 35.0 Å². The maximum absolute atomic E-state index is 14.0. The molecule has 188 valence electrons. The van der Waals surface area contributed by atoms with Gasteiger partial charge in [-0.15, -0.1) is 0 Å². The molecule has 3 aromatic rings. The molecule has 5 rings (SSSR count). The molecule has 0 saturated heterocycles. The van der Waals surface area contributed by atoms with Crippen LogP contribution in [0.4, 0.5) is 8.78 Å². The summed E-state index contributed by atoms with van der Waals surface area (Å²) >= 11 is 12.0. The third-order valence-electron chi connectivity index (χ3n) is 6.59. The van der Waals surface area contributed by atoms with Crippen molar-refractivity contribution in [2.75, 3.05) is 13.7 Å². The molecule has 7 nitrogen and oxygen atoms in total. The first-order chi connectivity index (χ1) is 17.3. The molecule has 0 N–H and O–H groups in total. The molecule has 0 aliphatic carbocycles. The summed E-state index contributed by atoms with van der Waals surface area (Å²) in [4.78, 5) is 29.6. The van der Waals surface area contributed by atoms with Crippen molar-refractivity contribution in [2.45, 2.75) is 38.5 Å². The number of methoxy groups -OCH3 is 1. The normalized spacial score (nSPS) is 17.3. The van der Waals surface area contributed by atoms with E-state index in [-0.39, 0.29) is 34.5 Å². The van der Waals surface area contributed by atoms with Gasteiger partial charge < -0.3 is 14.5 Å². The number of ether oxygens (including phenoxy) is 1. The number of carbonyl (C=O) groups excluding carboxylic acids is 2. The maximum atomic E-state index is 14.0. The molecule has 0 saturated carbocycles. The molecule has 2 aliphatic rings. The van der Waals surface area contributed by atoms with Crippen molar-refractivity contribution in [3.8, 4) is 5.75 Å². The fraction of sp³-hybridized carbons (Fsp3) is 0.320. The van der Waals surface area contributed by atoms with Crippen molar-refractivity contribution in [2.24, 2.45) is 0 Å². The van der Waals surface area contributed by atoms with E-state index in [2.05, 4.69) is 5.10 Å². The predicted octanol–water partition coefficient (Wildman–Crippen LogP) is 4.69. The first-order valence-electron chi connectivity index (χ1n) is 11.3. The lowest BCUT2D eigenvalue weighted by atomic mass is 9.96. The van der Waals surface area contributed by atoms with Gasteiger partial charge in [-0.05, 0) is 35.9 Å². The van der Waals surface area contributed by atoms with Crippen LogP contribution in [0.5, 0.6) is 5.75 Å². The minimum Gasteiger partial charge on any atom is -0.497 e. The van der Waals surface area contributed by atoms with Crippen molar-refractivity contribution in [3.63, 3.8) is 0 Å². The SMILES string of the molecule is COc1ccc(CN2CCn3nc4c(c3C2=O)CN(C(=O)c2ccc(Cl)c(Cl)c2)[C@@H](C(F)F)C4)cc1. The molecule has 0 radical (unpaired) electrons. The summed E-state index contributed by atoms with van der Waals surface area (Å²) in [5, 5.41) is 4.88. The fourth-order valence-corrected chi connectivity index (χ4v) is 4.99. The largest absolute Gasteiger partial charge is 0.497 e. The standard InChI is InChI=1S/C25H22Cl2F2N4O3/c1-36-16-5-2-14(3-6-16)12-31-8-9-33-22(25(31)35)17-13-32(21(23(28)29)11-20(17)30-33)24(34)15-4-7-18(26)19(27)10-15/h2-7,10,21,23H,8-9,11-13H2,1H3/t21-/m1/s1. The maximum Gasteiger partial charge on any atom is 0.272 e. The molecule has 3 heterocycles. The van der Waals surface area contributed by atoms with Gasteiger partial charge in [0.1, 0.15) is 11.4 Å². The lowest BCUT2D eigenvalue weighted by molar-refractivity contribution is 0.0136. The van der Waals surface area contributed by atoms with E-state index in [1.165, 1.54) is 18.2 Å². The third-order valence-corrected chi connectivity index (χ3v) is 7.33. The number of halogens is 4. The van der Waals surface area contributed by atoms with Gasteiger partial charge in [-0.1, -0.05) is 35.3 Å². The van der Waals surface area contributed by atoms with Gasteiger partial charge in [-0.2, -0.15) is 5.10 Å². The van der Waals surface area contributed by atoms with Crippen LogP contribution in [0.1, 0.15) is 37.7 Å². The summed E-state index contributed by atoms with van der Waals surface area (Å²) in [6, 6.07) is 10.3. The van der Waals surface area contributed by atoms with Gasteiger partial charge >= 0.3 is 0 Å². The van der Waals surface area contributed by atoms with E-state index in [4.69, 9.17) is 27.9 Å². The molecule has 0 unspecified atom stereocenters. The van der Waals surface area contributed by atoms with Crippen molar-refractivity contribution in [1.29, 1.82) is 0 Å². The first-order valence-corrected chi connectivity index (χ1v) is 12.1. The van der Waals surface area contributed by atoms with Gasteiger partial charge in [-0.25, -0.2) is 8.78 Å². The van der Waals surface area contributed by atoms with Gasteiger partial charge in [0, 0.05) is 30.6 Å². The minimum absolute atomic E-state index is 0.145. The average molecular weight is 535 g/mol. The zero-order valence-corrected chi connectivity index (χ0v) is 20.8. The van der Waals surface area contributed by atoms with Crippen LogP contribution in [-0.2, 0) is 26.1 Å². The number of rotatable bonds is 5. The second-order valence-corrected chi connectivity index (χ2v) is 9.55. The molecular weight excluding hydrogens is 513 g/mol. The Labute approximate surface area is 216 Å². The smallest absolute Gasteiger partial charge is 0.272 e. The lowest BCUT2D eigenvalue weighted by Gasteiger charge is -2.35. The topological polar surface area (TPSA) is 67.7 Å². The Morgan fingerprint density at radius 1 is 1.14 bits per heavy atom. The summed E-state index contributed by atoms with van der Waals surface area (Å²) in [5.41, 5.74) is 2.34. The highest BCUT2D eigenvalue weighted by Crippen LogP contribution is 2.33. The van der Waals surface area contributed by atoms with E-state index < -0.39 is 18.4 Å². The molecule has 36 heavy (non-hydrogen) atoms. The van der Waals surface area contributed by atoms with E-state index in [0.717, 1.165) is 16.2 Å². The summed E-state index contributed by atoms with van der Waals surface area (Å²) in [6.07, 6.45) is -2.93. The Balaban J connectivity index is 1.44. The van der Waals surface area contributed by atoms with Gasteiger partial charge in [-0.3, -0.25) is 14.3 Å². The Bertz CT molecular complexity index is 1330. The summed E-state index contributed by atoms with van der Waals surface area (Å²) < 4.78 is 34.8. The average Bonchev–Trinajstić information content (AvgIpc) is 3.25. The van der Waals surface area contributed by atoms with Gasteiger partial charge in [0.25, 0.3) is 18.2 Å². The predicted molar refractivity (Wildman–Crippen MR) is 130 cm³/mol. The zero-order chi connectivity index (χ0) is 25.6. The number of carbonyl (C=O) groups is 2. The van der Waals surface area contributed by atoms with Crippen LogP contribution in [0.15, 0.2) is 42.5 Å². The van der Waals surface area contributed by atoms with E-state index in [1.807, 2.05) is 24.3 Å². The number of alkyl halides is 2. The molecule has 2 aliphatic heterocycles. The third kappa shape index (κ3) is 4.41. The second-order valence-electron chi connectivity index (χ2n) is 8.74. The Morgan fingerprint density at radius 3 is 2.56 bits per heavy atom. The fourth-order valence-electron chi connectivity index (χ4n) is 4.69. The second kappa shape index (κ2) is 9.71. The Morgan fingerprint density at radius 2 is 1.89 bits per heavy atom. The van der Waals surface area contributed by atoms with E-state index in [9.17, 15) is 18.4 Å². The van der Waals surface area contributed by atoms with Gasteiger partial charge in [0.05, 0.1) is 42.0 Å². The molecular formula is C25H22Cl2F2N4O3. The van der Waals surface area contributed by atoms with Crippen LogP contribution in [0.25, 0.3) is 0 Å². The summed E-state index contributed by atoms with van der Waals surface area (Å²) in [6.45, 7) is 1.10. The number of fused-ring (bicyclic) bond motifs is 3. The van der Waals surface area contributed by atoms with Crippen LogP contribution >= 0.6 is 23.2 Å². The van der Waals surface area contributed by atoms with Gasteiger partial charge in [0.15, 0.2) is 0 Å².